The van der Waals surface area contributed by atoms with Crippen molar-refractivity contribution in [2.75, 3.05) is 0 Å². The Morgan fingerprint density at radius 1 is 0.480 bits per heavy atom. The number of rotatable bonds is 14. The van der Waals surface area contributed by atoms with Crippen molar-refractivity contribution in [1.82, 2.24) is 0 Å². The summed E-state index contributed by atoms with van der Waals surface area (Å²) in [6.07, 6.45) is 8.71. The largest absolute Gasteiger partial charge is 0.375 e. The van der Waals surface area contributed by atoms with E-state index in [4.69, 9.17) is 4.74 Å². The van der Waals surface area contributed by atoms with Gasteiger partial charge in [-0.05, 0) is 75.0 Å². The third kappa shape index (κ3) is 12.9. The van der Waals surface area contributed by atoms with E-state index in [0.29, 0.717) is 24.0 Å². The Morgan fingerprint density at radius 3 is 1.08 bits per heavy atom. The summed E-state index contributed by atoms with van der Waals surface area (Å²) in [6.45, 7) is 23.4. The van der Waals surface area contributed by atoms with Crippen molar-refractivity contribution in [2.24, 2.45) is 35.5 Å². The van der Waals surface area contributed by atoms with Crippen LogP contribution in [-0.2, 0) is 4.74 Å². The lowest BCUT2D eigenvalue weighted by Gasteiger charge is -2.29. The van der Waals surface area contributed by atoms with Gasteiger partial charge in [0.25, 0.3) is 0 Å². The lowest BCUT2D eigenvalue weighted by molar-refractivity contribution is -0.0483. The molecule has 6 unspecified atom stereocenters. The number of hydrogen-bond acceptors (Lipinski definition) is 1. The van der Waals surface area contributed by atoms with E-state index < -0.39 is 0 Å². The van der Waals surface area contributed by atoms with Crippen molar-refractivity contribution in [1.29, 1.82) is 0 Å². The molecule has 0 aliphatic rings. The van der Waals surface area contributed by atoms with E-state index in [-0.39, 0.29) is 0 Å². The van der Waals surface area contributed by atoms with Gasteiger partial charge in [0, 0.05) is 0 Å². The summed E-state index contributed by atoms with van der Waals surface area (Å²) in [4.78, 5) is 0. The zero-order valence-corrected chi connectivity index (χ0v) is 19.3. The van der Waals surface area contributed by atoms with Crippen molar-refractivity contribution in [3.63, 3.8) is 0 Å². The van der Waals surface area contributed by atoms with E-state index in [1.807, 2.05) is 0 Å². The molecule has 0 aliphatic carbocycles. The predicted octanol–water partition coefficient (Wildman–Crippen LogP) is 7.98. The van der Waals surface area contributed by atoms with E-state index in [1.165, 1.54) is 38.5 Å². The van der Waals surface area contributed by atoms with E-state index in [1.54, 1.807) is 0 Å². The van der Waals surface area contributed by atoms with Crippen LogP contribution in [-0.4, -0.2) is 12.2 Å². The Bertz CT molecular complexity index is 279. The minimum Gasteiger partial charge on any atom is -0.375 e. The first-order valence-corrected chi connectivity index (χ1v) is 11.2. The summed E-state index contributed by atoms with van der Waals surface area (Å²) >= 11 is 0. The molecule has 0 aromatic heterocycles. The molecule has 1 heteroatoms. The highest BCUT2D eigenvalue weighted by Gasteiger charge is 2.21. The molecule has 0 bridgehead atoms. The lowest BCUT2D eigenvalue weighted by Crippen LogP contribution is -2.28. The van der Waals surface area contributed by atoms with Gasteiger partial charge < -0.3 is 4.74 Å². The zero-order chi connectivity index (χ0) is 19.6. The fourth-order valence-corrected chi connectivity index (χ4v) is 4.02. The maximum atomic E-state index is 6.40. The third-order valence-electron chi connectivity index (χ3n) is 6.01. The predicted molar refractivity (Wildman–Crippen MR) is 114 cm³/mol. The van der Waals surface area contributed by atoms with Crippen LogP contribution in [0.1, 0.15) is 108 Å². The highest BCUT2D eigenvalue weighted by Crippen LogP contribution is 2.26. The maximum absolute atomic E-state index is 6.40. The topological polar surface area (TPSA) is 9.23 Å². The summed E-state index contributed by atoms with van der Waals surface area (Å²) in [7, 11) is 0. The first-order valence-electron chi connectivity index (χ1n) is 11.2. The van der Waals surface area contributed by atoms with Crippen molar-refractivity contribution in [2.45, 2.75) is 120 Å². The van der Waals surface area contributed by atoms with Crippen molar-refractivity contribution in [3.8, 4) is 0 Å². The van der Waals surface area contributed by atoms with E-state index in [0.717, 1.165) is 23.7 Å². The molecule has 0 fully saturated rings. The minimum absolute atomic E-state index is 0.372. The second-order valence-electron chi connectivity index (χ2n) is 10.1. The summed E-state index contributed by atoms with van der Waals surface area (Å²) in [6, 6.07) is 0. The Kier molecular flexibility index (Phi) is 13.2. The molecule has 25 heavy (non-hydrogen) atoms. The summed E-state index contributed by atoms with van der Waals surface area (Å²) in [5.74, 6) is 4.63. The fourth-order valence-electron chi connectivity index (χ4n) is 4.02. The third-order valence-corrected chi connectivity index (χ3v) is 6.01. The molecule has 6 atom stereocenters. The van der Waals surface area contributed by atoms with Gasteiger partial charge >= 0.3 is 0 Å². The van der Waals surface area contributed by atoms with Gasteiger partial charge in [0.1, 0.15) is 0 Å². The Morgan fingerprint density at radius 2 is 0.800 bits per heavy atom. The monoisotopic (exact) mass is 354 g/mol. The lowest BCUT2D eigenvalue weighted by atomic mass is 9.89. The van der Waals surface area contributed by atoms with Crippen LogP contribution < -0.4 is 0 Å². The number of ether oxygens (including phenoxy) is 1. The van der Waals surface area contributed by atoms with Crippen molar-refractivity contribution < 1.29 is 4.74 Å². The average molecular weight is 355 g/mol. The first-order chi connectivity index (χ1) is 11.5. The highest BCUT2D eigenvalue weighted by atomic mass is 16.5. The minimum atomic E-state index is 0.372. The van der Waals surface area contributed by atoms with Gasteiger partial charge in [-0.2, -0.15) is 0 Å². The van der Waals surface area contributed by atoms with Gasteiger partial charge in [-0.25, -0.2) is 0 Å². The van der Waals surface area contributed by atoms with E-state index in [2.05, 4.69) is 69.2 Å². The molecule has 0 aliphatic heterocycles. The first kappa shape index (κ1) is 25.0. The van der Waals surface area contributed by atoms with Crippen LogP contribution >= 0.6 is 0 Å². The molecule has 0 saturated heterocycles. The number of hydrogen-bond donors (Lipinski definition) is 0. The van der Waals surface area contributed by atoms with Crippen LogP contribution in [0.4, 0.5) is 0 Å². The van der Waals surface area contributed by atoms with Crippen molar-refractivity contribution in [3.05, 3.63) is 0 Å². The quantitative estimate of drug-likeness (QED) is 0.307. The van der Waals surface area contributed by atoms with Gasteiger partial charge in [0.2, 0.25) is 0 Å². The van der Waals surface area contributed by atoms with E-state index in [9.17, 15) is 0 Å². The standard InChI is InChI=1S/C24H50O/c1-17(2)15-19(5)11-13-21(7)23(9)25-24(10)22(8)14-12-20(6)16-18(3)4/h17-24H,11-16H2,1-10H3. The molecule has 152 valence electrons. The van der Waals surface area contributed by atoms with Gasteiger partial charge in [-0.15, -0.1) is 0 Å². The van der Waals surface area contributed by atoms with Gasteiger partial charge in [0.15, 0.2) is 0 Å². The van der Waals surface area contributed by atoms with Crippen LogP contribution in [0.2, 0.25) is 0 Å². The summed E-state index contributed by atoms with van der Waals surface area (Å²) in [5, 5.41) is 0. The molecule has 0 rings (SSSR count). The van der Waals surface area contributed by atoms with Crippen LogP contribution in [0, 0.1) is 35.5 Å². The Labute approximate surface area is 160 Å². The van der Waals surface area contributed by atoms with Gasteiger partial charge in [-0.3, -0.25) is 0 Å². The molecule has 0 radical (unpaired) electrons. The average Bonchev–Trinajstić information content (AvgIpc) is 2.48. The molecule has 0 aromatic rings. The SMILES string of the molecule is CC(C)CC(C)CCC(C)C(C)OC(C)C(C)CCC(C)CC(C)C. The molecular weight excluding hydrogens is 304 g/mol. The fraction of sp³-hybridized carbons (Fsp3) is 1.00. The second-order valence-corrected chi connectivity index (χ2v) is 10.1. The van der Waals surface area contributed by atoms with Crippen LogP contribution in [0.15, 0.2) is 0 Å². The molecule has 0 heterocycles. The van der Waals surface area contributed by atoms with Crippen LogP contribution in [0.3, 0.4) is 0 Å². The Balaban J connectivity index is 4.10. The summed E-state index contributed by atoms with van der Waals surface area (Å²) < 4.78 is 6.40. The van der Waals surface area contributed by atoms with Gasteiger partial charge in [0.05, 0.1) is 12.2 Å². The van der Waals surface area contributed by atoms with Gasteiger partial charge in [-0.1, -0.05) is 68.2 Å². The highest BCUT2D eigenvalue weighted by molar-refractivity contribution is 4.70. The molecule has 0 spiro atoms. The zero-order valence-electron chi connectivity index (χ0n) is 19.3. The molecule has 1 nitrogen and oxygen atoms in total. The van der Waals surface area contributed by atoms with Crippen LogP contribution in [0.25, 0.3) is 0 Å². The normalized spacial score (nSPS) is 19.7. The molecular formula is C24H50O. The van der Waals surface area contributed by atoms with Crippen molar-refractivity contribution >= 4 is 0 Å². The van der Waals surface area contributed by atoms with Crippen LogP contribution in [0.5, 0.6) is 0 Å². The molecule has 0 N–H and O–H groups in total. The second kappa shape index (κ2) is 13.2. The summed E-state index contributed by atoms with van der Waals surface area (Å²) in [5.41, 5.74) is 0. The molecule has 0 saturated carbocycles. The molecule has 0 aromatic carbocycles. The molecule has 0 amide bonds. The smallest absolute Gasteiger partial charge is 0.0576 e. The Hall–Kier alpha value is -0.0400. The van der Waals surface area contributed by atoms with E-state index >= 15 is 0 Å². The maximum Gasteiger partial charge on any atom is 0.0576 e.